The Hall–Kier alpha value is -0.260. The van der Waals surface area contributed by atoms with Gasteiger partial charge in [-0.3, -0.25) is 4.79 Å². The fourth-order valence-corrected chi connectivity index (χ4v) is 1.18. The van der Waals surface area contributed by atoms with Gasteiger partial charge in [-0.2, -0.15) is 0 Å². The van der Waals surface area contributed by atoms with E-state index in [-0.39, 0.29) is 5.97 Å². The van der Waals surface area contributed by atoms with Crippen molar-refractivity contribution in [2.45, 2.75) is 0 Å². The molecule has 0 aliphatic rings. The number of carbonyl (C=O) groups is 1. The van der Waals surface area contributed by atoms with Crippen molar-refractivity contribution in [2.24, 2.45) is 5.73 Å². The van der Waals surface area contributed by atoms with Gasteiger partial charge in [-0.1, -0.05) is 0 Å². The molecule has 0 aliphatic carbocycles. The van der Waals surface area contributed by atoms with Crippen LogP contribution in [0.2, 0.25) is 0 Å². The van der Waals surface area contributed by atoms with Crippen molar-refractivity contribution < 1.29 is 14.3 Å². The fraction of sp³-hybridized carbons (Fsp3) is 0.857. The summed E-state index contributed by atoms with van der Waals surface area (Å²) < 4.78 is 9.56. The van der Waals surface area contributed by atoms with Crippen molar-refractivity contribution >= 4 is 17.7 Å². The van der Waals surface area contributed by atoms with Crippen LogP contribution in [0.3, 0.4) is 0 Å². The summed E-state index contributed by atoms with van der Waals surface area (Å²) in [6.45, 7) is 1.76. The summed E-state index contributed by atoms with van der Waals surface area (Å²) in [6, 6.07) is 0. The standard InChI is InChI=1S/C7H15NO3S/c1-10-7(9)6-12-5-4-11-3-2-8/h2-6,8H2,1H3. The zero-order valence-electron chi connectivity index (χ0n) is 7.25. The van der Waals surface area contributed by atoms with Gasteiger partial charge < -0.3 is 15.2 Å². The van der Waals surface area contributed by atoms with Gasteiger partial charge in [0, 0.05) is 12.3 Å². The van der Waals surface area contributed by atoms with Crippen molar-refractivity contribution in [3.8, 4) is 0 Å². The van der Waals surface area contributed by atoms with E-state index in [9.17, 15) is 4.79 Å². The quantitative estimate of drug-likeness (QED) is 0.451. The summed E-state index contributed by atoms with van der Waals surface area (Å²) in [5.74, 6) is 0.997. The van der Waals surface area contributed by atoms with Gasteiger partial charge in [0.05, 0.1) is 26.1 Å². The zero-order chi connectivity index (χ0) is 9.23. The number of esters is 1. The fourth-order valence-electron chi connectivity index (χ4n) is 0.518. The predicted octanol–water partition coefficient (Wildman–Crippen LogP) is -0.132. The predicted molar refractivity (Wildman–Crippen MR) is 49.2 cm³/mol. The number of hydrogen-bond donors (Lipinski definition) is 1. The number of rotatable bonds is 7. The van der Waals surface area contributed by atoms with Crippen LogP contribution in [0.4, 0.5) is 0 Å². The molecule has 0 heterocycles. The van der Waals surface area contributed by atoms with Gasteiger partial charge in [-0.05, 0) is 0 Å². The molecule has 0 bridgehead atoms. The molecule has 12 heavy (non-hydrogen) atoms. The highest BCUT2D eigenvalue weighted by Crippen LogP contribution is 1.99. The lowest BCUT2D eigenvalue weighted by atomic mass is 10.7. The van der Waals surface area contributed by atoms with E-state index >= 15 is 0 Å². The van der Waals surface area contributed by atoms with Gasteiger partial charge >= 0.3 is 5.97 Å². The molecule has 0 rings (SSSR count). The minimum Gasteiger partial charge on any atom is -0.468 e. The van der Waals surface area contributed by atoms with Gasteiger partial charge in [0.1, 0.15) is 0 Å². The van der Waals surface area contributed by atoms with E-state index < -0.39 is 0 Å². The molecule has 0 aromatic heterocycles. The summed E-state index contributed by atoms with van der Waals surface area (Å²) in [4.78, 5) is 10.6. The molecule has 0 radical (unpaired) electrons. The topological polar surface area (TPSA) is 61.5 Å². The average molecular weight is 193 g/mol. The monoisotopic (exact) mass is 193 g/mol. The number of ether oxygens (including phenoxy) is 2. The Morgan fingerprint density at radius 3 is 2.83 bits per heavy atom. The van der Waals surface area contributed by atoms with Gasteiger partial charge in [0.15, 0.2) is 0 Å². The van der Waals surface area contributed by atoms with E-state index in [2.05, 4.69) is 4.74 Å². The van der Waals surface area contributed by atoms with E-state index in [1.54, 1.807) is 0 Å². The second-order valence-corrected chi connectivity index (χ2v) is 3.13. The largest absolute Gasteiger partial charge is 0.468 e. The van der Waals surface area contributed by atoms with Crippen LogP contribution in [0.5, 0.6) is 0 Å². The molecular formula is C7H15NO3S. The molecule has 0 aromatic carbocycles. The van der Waals surface area contributed by atoms with Gasteiger partial charge in [0.2, 0.25) is 0 Å². The minimum absolute atomic E-state index is 0.196. The molecule has 0 amide bonds. The van der Waals surface area contributed by atoms with Crippen LogP contribution in [0.25, 0.3) is 0 Å². The molecule has 0 fully saturated rings. The smallest absolute Gasteiger partial charge is 0.315 e. The lowest BCUT2D eigenvalue weighted by molar-refractivity contribution is -0.137. The van der Waals surface area contributed by atoms with Crippen LogP contribution < -0.4 is 5.73 Å². The third-order valence-electron chi connectivity index (χ3n) is 1.08. The van der Waals surface area contributed by atoms with Crippen molar-refractivity contribution in [3.05, 3.63) is 0 Å². The lowest BCUT2D eigenvalue weighted by Gasteiger charge is -2.01. The molecule has 2 N–H and O–H groups in total. The highest BCUT2D eigenvalue weighted by molar-refractivity contribution is 7.99. The Balaban J connectivity index is 2.95. The lowest BCUT2D eigenvalue weighted by Crippen LogP contribution is -2.11. The molecule has 0 atom stereocenters. The maximum atomic E-state index is 10.6. The first-order chi connectivity index (χ1) is 5.81. The van der Waals surface area contributed by atoms with Crippen molar-refractivity contribution in [3.63, 3.8) is 0 Å². The normalized spacial score (nSPS) is 9.83. The summed E-state index contributed by atoms with van der Waals surface area (Å²) in [5, 5.41) is 0. The first kappa shape index (κ1) is 11.7. The Kier molecular flexibility index (Phi) is 8.64. The highest BCUT2D eigenvalue weighted by Gasteiger charge is 1.98. The van der Waals surface area contributed by atoms with E-state index in [0.29, 0.717) is 25.5 Å². The molecule has 0 saturated heterocycles. The van der Waals surface area contributed by atoms with Crippen LogP contribution in [0.15, 0.2) is 0 Å². The molecule has 0 saturated carbocycles. The van der Waals surface area contributed by atoms with Gasteiger partial charge in [0.25, 0.3) is 0 Å². The molecule has 72 valence electrons. The summed E-state index contributed by atoms with van der Waals surface area (Å²) in [7, 11) is 1.38. The second-order valence-electron chi connectivity index (χ2n) is 2.03. The minimum atomic E-state index is -0.196. The molecular weight excluding hydrogens is 178 g/mol. The van der Waals surface area contributed by atoms with Gasteiger partial charge in [-0.15, -0.1) is 11.8 Å². The highest BCUT2D eigenvalue weighted by atomic mass is 32.2. The third-order valence-corrected chi connectivity index (χ3v) is 1.98. The number of hydrogen-bond acceptors (Lipinski definition) is 5. The van der Waals surface area contributed by atoms with Crippen LogP contribution >= 0.6 is 11.8 Å². The number of nitrogens with two attached hydrogens (primary N) is 1. The van der Waals surface area contributed by atoms with E-state index in [1.165, 1.54) is 18.9 Å². The number of carbonyl (C=O) groups excluding carboxylic acids is 1. The molecule has 0 unspecified atom stereocenters. The van der Waals surface area contributed by atoms with Crippen LogP contribution in [-0.2, 0) is 14.3 Å². The van der Waals surface area contributed by atoms with Crippen molar-refractivity contribution in [1.82, 2.24) is 0 Å². The second kappa shape index (κ2) is 8.83. The first-order valence-corrected chi connectivity index (χ1v) is 4.89. The Labute approximate surface area is 76.8 Å². The van der Waals surface area contributed by atoms with Crippen LogP contribution in [0.1, 0.15) is 0 Å². The summed E-state index contributed by atoms with van der Waals surface area (Å²) >= 11 is 1.50. The Morgan fingerprint density at radius 2 is 2.25 bits per heavy atom. The average Bonchev–Trinajstić information content (AvgIpc) is 2.10. The number of methoxy groups -OCH3 is 1. The molecule has 0 aliphatic heterocycles. The molecule has 0 aromatic rings. The van der Waals surface area contributed by atoms with Crippen molar-refractivity contribution in [2.75, 3.05) is 38.4 Å². The van der Waals surface area contributed by atoms with E-state index in [1.807, 2.05) is 0 Å². The van der Waals surface area contributed by atoms with Crippen LogP contribution in [-0.4, -0.2) is 44.3 Å². The SMILES string of the molecule is COC(=O)CSCCOCCN. The zero-order valence-corrected chi connectivity index (χ0v) is 8.06. The number of thioether (sulfide) groups is 1. The molecule has 5 heteroatoms. The molecule has 4 nitrogen and oxygen atoms in total. The summed E-state index contributed by atoms with van der Waals surface area (Å²) in [5.41, 5.74) is 5.21. The van der Waals surface area contributed by atoms with Gasteiger partial charge in [-0.25, -0.2) is 0 Å². The Bertz CT molecular complexity index is 121. The Morgan fingerprint density at radius 1 is 1.50 bits per heavy atom. The van der Waals surface area contributed by atoms with Crippen molar-refractivity contribution in [1.29, 1.82) is 0 Å². The van der Waals surface area contributed by atoms with E-state index in [4.69, 9.17) is 10.5 Å². The third kappa shape index (κ3) is 7.84. The van der Waals surface area contributed by atoms with Crippen LogP contribution in [0, 0.1) is 0 Å². The first-order valence-electron chi connectivity index (χ1n) is 3.73. The maximum absolute atomic E-state index is 10.6. The molecule has 0 spiro atoms. The van der Waals surface area contributed by atoms with E-state index in [0.717, 1.165) is 5.75 Å². The maximum Gasteiger partial charge on any atom is 0.315 e. The summed E-state index contributed by atoms with van der Waals surface area (Å²) in [6.07, 6.45) is 0.